The molecular formula is C9H15N3O2S. The van der Waals surface area contributed by atoms with Gasteiger partial charge >= 0.3 is 0 Å². The van der Waals surface area contributed by atoms with Crippen LogP contribution in [-0.4, -0.2) is 51.1 Å². The minimum absolute atomic E-state index is 0.293. The molecule has 0 radical (unpaired) electrons. The second-order valence-corrected chi connectivity index (χ2v) is 5.63. The number of sulfone groups is 1. The van der Waals surface area contributed by atoms with Crippen LogP contribution in [0, 0.1) is 0 Å². The molecule has 1 fully saturated rings. The van der Waals surface area contributed by atoms with Crippen molar-refractivity contribution in [3.05, 3.63) is 11.1 Å². The zero-order valence-corrected chi connectivity index (χ0v) is 9.55. The van der Waals surface area contributed by atoms with Crippen LogP contribution in [0.3, 0.4) is 0 Å². The van der Waals surface area contributed by atoms with Crippen molar-refractivity contribution in [2.75, 3.05) is 32.7 Å². The van der Waals surface area contributed by atoms with Crippen LogP contribution in [0.5, 0.6) is 0 Å². The van der Waals surface area contributed by atoms with Gasteiger partial charge in [0.05, 0.1) is 17.6 Å². The Balaban J connectivity index is 2.04. The van der Waals surface area contributed by atoms with Crippen molar-refractivity contribution in [1.82, 2.24) is 10.2 Å². The summed E-state index contributed by atoms with van der Waals surface area (Å²) >= 11 is 0. The molecule has 0 aliphatic carbocycles. The van der Waals surface area contributed by atoms with Crippen molar-refractivity contribution >= 4 is 14.9 Å². The second kappa shape index (κ2) is 4.03. The Bertz CT molecular complexity index is 405. The zero-order valence-electron chi connectivity index (χ0n) is 8.73. The number of hydrogen-bond acceptors (Lipinski definition) is 5. The first-order chi connectivity index (χ1) is 7.08. The summed E-state index contributed by atoms with van der Waals surface area (Å²) in [6.45, 7) is 5.75. The first-order valence-corrected chi connectivity index (χ1v) is 6.56. The van der Waals surface area contributed by atoms with Crippen molar-refractivity contribution in [2.24, 2.45) is 4.99 Å². The van der Waals surface area contributed by atoms with Gasteiger partial charge in [-0.25, -0.2) is 13.4 Å². The SMILES string of the molecule is CC1=CS(=O)(=O)C(CN2CCNCC2)=N1. The maximum absolute atomic E-state index is 11.6. The van der Waals surface area contributed by atoms with Gasteiger partial charge in [-0.1, -0.05) is 0 Å². The zero-order chi connectivity index (χ0) is 10.9. The standard InChI is InChI=1S/C9H15N3O2S/c1-8-7-15(13,14)9(11-8)6-12-4-2-10-3-5-12/h7,10H,2-6H2,1H3. The highest BCUT2D eigenvalue weighted by molar-refractivity contribution is 8.09. The van der Waals surface area contributed by atoms with Gasteiger partial charge in [-0.15, -0.1) is 0 Å². The molecule has 0 aromatic rings. The van der Waals surface area contributed by atoms with E-state index in [1.807, 2.05) is 0 Å². The van der Waals surface area contributed by atoms with Crippen LogP contribution < -0.4 is 5.32 Å². The van der Waals surface area contributed by atoms with Crippen molar-refractivity contribution < 1.29 is 8.42 Å². The van der Waals surface area contributed by atoms with E-state index in [4.69, 9.17) is 0 Å². The minimum atomic E-state index is -3.21. The lowest BCUT2D eigenvalue weighted by Crippen LogP contribution is -2.46. The van der Waals surface area contributed by atoms with Gasteiger partial charge in [0.15, 0.2) is 5.04 Å². The molecule has 5 nitrogen and oxygen atoms in total. The average Bonchev–Trinajstić information content (AvgIpc) is 2.41. The van der Waals surface area contributed by atoms with E-state index in [2.05, 4.69) is 15.2 Å². The molecule has 2 heterocycles. The van der Waals surface area contributed by atoms with E-state index in [0.717, 1.165) is 26.2 Å². The molecule has 1 N–H and O–H groups in total. The first kappa shape index (κ1) is 10.8. The van der Waals surface area contributed by atoms with Crippen LogP contribution in [0.15, 0.2) is 16.1 Å². The summed E-state index contributed by atoms with van der Waals surface area (Å²) in [6.07, 6.45) is 0. The quantitative estimate of drug-likeness (QED) is 0.698. The lowest BCUT2D eigenvalue weighted by molar-refractivity contribution is 0.273. The van der Waals surface area contributed by atoms with E-state index in [-0.39, 0.29) is 0 Å². The predicted octanol–water partition coefficient (Wildman–Crippen LogP) is -0.420. The third-order valence-electron chi connectivity index (χ3n) is 2.52. The topological polar surface area (TPSA) is 61.8 Å². The molecule has 1 saturated heterocycles. The maximum Gasteiger partial charge on any atom is 0.216 e. The van der Waals surface area contributed by atoms with Crippen molar-refractivity contribution in [1.29, 1.82) is 0 Å². The fourth-order valence-corrected chi connectivity index (χ4v) is 3.04. The molecule has 0 aromatic heterocycles. The molecule has 0 bridgehead atoms. The largest absolute Gasteiger partial charge is 0.314 e. The molecule has 0 aromatic carbocycles. The molecular weight excluding hydrogens is 214 g/mol. The molecule has 2 aliphatic rings. The fourth-order valence-electron chi connectivity index (χ4n) is 1.77. The van der Waals surface area contributed by atoms with Gasteiger partial charge in [0.2, 0.25) is 9.84 Å². The number of nitrogens with one attached hydrogen (secondary N) is 1. The van der Waals surface area contributed by atoms with Crippen molar-refractivity contribution in [3.63, 3.8) is 0 Å². The van der Waals surface area contributed by atoms with Crippen LogP contribution in [-0.2, 0) is 9.84 Å². The number of aliphatic imine (C=N–C) groups is 1. The molecule has 0 saturated carbocycles. The Kier molecular flexibility index (Phi) is 2.90. The van der Waals surface area contributed by atoms with Gasteiger partial charge in [-0.05, 0) is 6.92 Å². The summed E-state index contributed by atoms with van der Waals surface area (Å²) < 4.78 is 23.2. The molecule has 0 amide bonds. The Morgan fingerprint density at radius 2 is 2.13 bits per heavy atom. The number of allylic oxidation sites excluding steroid dienone is 1. The predicted molar refractivity (Wildman–Crippen MR) is 59.4 cm³/mol. The molecule has 0 atom stereocenters. The maximum atomic E-state index is 11.6. The number of nitrogens with zero attached hydrogens (tertiary/aromatic N) is 2. The Morgan fingerprint density at radius 3 is 2.67 bits per heavy atom. The van der Waals surface area contributed by atoms with Gasteiger partial charge in [0.25, 0.3) is 0 Å². The number of hydrogen-bond donors (Lipinski definition) is 1. The summed E-state index contributed by atoms with van der Waals surface area (Å²) in [5, 5.41) is 4.76. The Hall–Kier alpha value is -0.720. The molecule has 6 heteroatoms. The normalized spacial score (nSPS) is 26.2. The van der Waals surface area contributed by atoms with Gasteiger partial charge < -0.3 is 5.32 Å². The lowest BCUT2D eigenvalue weighted by atomic mass is 10.3. The molecule has 2 rings (SSSR count). The van der Waals surface area contributed by atoms with Crippen LogP contribution in [0.1, 0.15) is 6.92 Å². The third-order valence-corrected chi connectivity index (χ3v) is 4.05. The molecule has 84 valence electrons. The smallest absolute Gasteiger partial charge is 0.216 e. The van der Waals surface area contributed by atoms with Crippen LogP contribution in [0.25, 0.3) is 0 Å². The molecule has 15 heavy (non-hydrogen) atoms. The minimum Gasteiger partial charge on any atom is -0.314 e. The Morgan fingerprint density at radius 1 is 1.47 bits per heavy atom. The molecule has 0 spiro atoms. The van der Waals surface area contributed by atoms with E-state index in [1.165, 1.54) is 5.41 Å². The van der Waals surface area contributed by atoms with Gasteiger partial charge in [-0.3, -0.25) is 4.90 Å². The lowest BCUT2D eigenvalue weighted by Gasteiger charge is -2.26. The highest BCUT2D eigenvalue weighted by atomic mass is 32.2. The summed E-state index contributed by atoms with van der Waals surface area (Å²) in [5.41, 5.74) is 0.583. The fraction of sp³-hybridized carbons (Fsp3) is 0.667. The van der Waals surface area contributed by atoms with Gasteiger partial charge in [0, 0.05) is 26.2 Å². The van der Waals surface area contributed by atoms with Gasteiger partial charge in [0.1, 0.15) is 0 Å². The third kappa shape index (κ3) is 2.45. The first-order valence-electron chi connectivity index (χ1n) is 5.02. The molecule has 0 unspecified atom stereocenters. The summed E-state index contributed by atoms with van der Waals surface area (Å²) in [7, 11) is -3.21. The Labute approximate surface area is 89.8 Å². The van der Waals surface area contributed by atoms with Crippen molar-refractivity contribution in [2.45, 2.75) is 6.92 Å². The van der Waals surface area contributed by atoms with Gasteiger partial charge in [-0.2, -0.15) is 0 Å². The monoisotopic (exact) mass is 229 g/mol. The van der Waals surface area contributed by atoms with Crippen LogP contribution >= 0.6 is 0 Å². The van der Waals surface area contributed by atoms with Crippen molar-refractivity contribution in [3.8, 4) is 0 Å². The van der Waals surface area contributed by atoms with E-state index in [9.17, 15) is 8.42 Å². The van der Waals surface area contributed by atoms with Crippen LogP contribution in [0.4, 0.5) is 0 Å². The van der Waals surface area contributed by atoms with E-state index < -0.39 is 9.84 Å². The summed E-state index contributed by atoms with van der Waals surface area (Å²) in [5.74, 6) is 0. The number of rotatable bonds is 2. The second-order valence-electron chi connectivity index (χ2n) is 3.84. The summed E-state index contributed by atoms with van der Waals surface area (Å²) in [4.78, 5) is 6.17. The molecule has 2 aliphatic heterocycles. The van der Waals surface area contributed by atoms with Crippen LogP contribution in [0.2, 0.25) is 0 Å². The average molecular weight is 229 g/mol. The van der Waals surface area contributed by atoms with E-state index >= 15 is 0 Å². The highest BCUT2D eigenvalue weighted by Gasteiger charge is 2.25. The highest BCUT2D eigenvalue weighted by Crippen LogP contribution is 2.14. The van der Waals surface area contributed by atoms with E-state index in [1.54, 1.807) is 6.92 Å². The van der Waals surface area contributed by atoms with E-state index in [0.29, 0.717) is 17.3 Å². The number of piperazine rings is 1. The summed E-state index contributed by atoms with van der Waals surface area (Å²) in [6, 6.07) is 0.